The van der Waals surface area contributed by atoms with Crippen molar-refractivity contribution >= 4 is 43.4 Å². The topological polar surface area (TPSA) is 122 Å². The Balaban J connectivity index is 0.000000139. The third kappa shape index (κ3) is 11.7. The molecule has 4 aliphatic rings. The lowest BCUT2D eigenvalue weighted by Crippen LogP contribution is -2.32. The van der Waals surface area contributed by atoms with Crippen molar-refractivity contribution in [2.45, 2.75) is 10.8 Å². The Hall–Kier alpha value is -17.1. The number of rotatable bonds is 10. The fourth-order valence-corrected chi connectivity index (χ4v) is 20.3. The molecule has 22 aromatic rings. The van der Waals surface area contributed by atoms with E-state index in [-0.39, 0.29) is 0 Å². The number of pyridine rings is 2. The number of ether oxygens (including phenoxy) is 2. The van der Waals surface area contributed by atoms with Crippen molar-refractivity contribution in [2.75, 3.05) is 0 Å². The highest BCUT2D eigenvalue weighted by atomic mass is 16.5. The Labute approximate surface area is 738 Å². The SMILES string of the molecule is c1ccc(-c2cccc(-c3nc(-c4ccccc4)nc(-c4ccc5nc(-c6ccccc6)c6ccc7c(c6c5c4)Oc4ccccc4C74c5ccccc5-c5ccccc54)n3)c2)cc1.c1ccc(-c2nc(-c3ccccc3)nc(-c3ccc(-c4ccc5nc(-c6ccccc6)c6ccc7c(c6c5c4)Oc4ccccc4C74c5ccccc5-c5ccccc54)cc3)n2)cc1. The van der Waals surface area contributed by atoms with E-state index < -0.39 is 10.8 Å². The third-order valence-electron chi connectivity index (χ3n) is 26.0. The predicted molar refractivity (Wildman–Crippen MR) is 514 cm³/mol. The van der Waals surface area contributed by atoms with Crippen molar-refractivity contribution in [1.82, 2.24) is 39.9 Å². The van der Waals surface area contributed by atoms with Crippen molar-refractivity contribution in [2.24, 2.45) is 0 Å². The number of benzene rings is 18. The molecule has 6 heterocycles. The predicted octanol–water partition coefficient (Wildman–Crippen LogP) is 28.8. The summed E-state index contributed by atoms with van der Waals surface area (Å²) < 4.78 is 14.5. The van der Waals surface area contributed by atoms with Crippen LogP contribution in [0.15, 0.2) is 437 Å². The molecular weight excluding hydrogens is 1560 g/mol. The summed E-state index contributed by atoms with van der Waals surface area (Å²) in [5.74, 6) is 7.04. The van der Waals surface area contributed by atoms with Gasteiger partial charge in [0, 0.05) is 99.1 Å². The summed E-state index contributed by atoms with van der Waals surface area (Å²) in [6.07, 6.45) is 0. The smallest absolute Gasteiger partial charge is 0.164 e. The highest BCUT2D eigenvalue weighted by molar-refractivity contribution is 6.18. The van der Waals surface area contributed by atoms with Gasteiger partial charge in [0.15, 0.2) is 34.9 Å². The van der Waals surface area contributed by atoms with E-state index in [0.717, 1.165) is 167 Å². The molecule has 0 amide bonds. The van der Waals surface area contributed by atoms with Crippen molar-refractivity contribution in [3.05, 3.63) is 481 Å². The quantitative estimate of drug-likeness (QED) is 0.122. The standard InChI is InChI=1S/2C59H36N4O/c1-4-17-37(18-5-1)40-23-16-24-41(35-40)57-61-56(39-21-8-3-9-22-39)62-58(63-57)42-31-34-51-46(36-42)53-45(54(60-51)38-19-6-2-7-20-38)32-33-50-55(53)64-52-30-15-14-29-49(52)59(50)47-27-12-10-25-43(47)44-26-11-13-28-48(44)59;1-4-16-38(17-5-1)54-45-33-34-50-55(64-52-27-15-14-26-49(52)59(50)47-24-12-10-22-43(47)44-23-11-13-25-48(44)59)53(45)46-36-42(32-35-51(46)60-54)37-28-30-41(31-29-37)58-62-56(39-18-6-2-7-19-39)61-57(63-58)40-20-8-3-9-21-40/h2*1-36H. The zero-order valence-electron chi connectivity index (χ0n) is 69.0. The van der Waals surface area contributed by atoms with E-state index in [0.29, 0.717) is 34.9 Å². The molecule has 2 spiro atoms. The van der Waals surface area contributed by atoms with Crippen molar-refractivity contribution < 1.29 is 9.47 Å². The number of para-hydroxylation sites is 2. The largest absolute Gasteiger partial charge is 0.456 e. The molecule has 4 aromatic heterocycles. The molecule has 0 saturated carbocycles. The summed E-state index contributed by atoms with van der Waals surface area (Å²) in [6, 6.07) is 153. The van der Waals surface area contributed by atoms with Gasteiger partial charge >= 0.3 is 0 Å². The van der Waals surface area contributed by atoms with Crippen LogP contribution in [0.5, 0.6) is 23.0 Å². The second-order valence-corrected chi connectivity index (χ2v) is 33.0. The molecule has 10 heteroatoms. The molecule has 128 heavy (non-hydrogen) atoms. The highest BCUT2D eigenvalue weighted by Gasteiger charge is 2.53. The van der Waals surface area contributed by atoms with E-state index >= 15 is 0 Å². The Morgan fingerprint density at radius 2 is 0.430 bits per heavy atom. The van der Waals surface area contributed by atoms with Crippen molar-refractivity contribution in [3.8, 4) is 158 Å². The molecule has 0 N–H and O–H groups in total. The molecule has 0 radical (unpaired) electrons. The Bertz CT molecular complexity index is 8090. The minimum absolute atomic E-state index is 0.572. The van der Waals surface area contributed by atoms with Gasteiger partial charge in [-0.3, -0.25) is 0 Å². The van der Waals surface area contributed by atoms with Crippen LogP contribution in [0.1, 0.15) is 44.5 Å². The number of hydrogen-bond donors (Lipinski definition) is 0. The molecular formula is C118H72N8O2. The summed E-state index contributed by atoms with van der Waals surface area (Å²) in [4.78, 5) is 41.2. The fourth-order valence-electron chi connectivity index (χ4n) is 20.3. The molecule has 2 aliphatic heterocycles. The fraction of sp³-hybridized carbons (Fsp3) is 0.0169. The second kappa shape index (κ2) is 29.9. The maximum absolute atomic E-state index is 7.28. The minimum Gasteiger partial charge on any atom is -0.456 e. The Kier molecular flexibility index (Phi) is 17.2. The van der Waals surface area contributed by atoms with Gasteiger partial charge in [-0.15, -0.1) is 0 Å². The molecule has 0 bridgehead atoms. The number of aromatic nitrogens is 8. The van der Waals surface area contributed by atoms with E-state index in [2.05, 4.69) is 334 Å². The van der Waals surface area contributed by atoms with Gasteiger partial charge in [-0.2, -0.15) is 0 Å². The Morgan fingerprint density at radius 3 is 0.828 bits per heavy atom. The van der Waals surface area contributed by atoms with E-state index in [4.69, 9.17) is 49.3 Å². The van der Waals surface area contributed by atoms with Gasteiger partial charge in [0.2, 0.25) is 0 Å². The summed E-state index contributed by atoms with van der Waals surface area (Å²) >= 11 is 0. The second-order valence-electron chi connectivity index (χ2n) is 33.0. The van der Waals surface area contributed by atoms with Crippen LogP contribution in [-0.2, 0) is 10.8 Å². The maximum atomic E-state index is 7.28. The number of hydrogen-bond acceptors (Lipinski definition) is 10. The molecule has 0 atom stereocenters. The monoisotopic (exact) mass is 1630 g/mol. The van der Waals surface area contributed by atoms with Crippen LogP contribution < -0.4 is 9.47 Å². The Morgan fingerprint density at radius 1 is 0.164 bits per heavy atom. The lowest BCUT2D eigenvalue weighted by molar-refractivity contribution is 0.442. The third-order valence-corrected chi connectivity index (χ3v) is 26.0. The van der Waals surface area contributed by atoms with Crippen molar-refractivity contribution in [3.63, 3.8) is 0 Å². The van der Waals surface area contributed by atoms with Crippen LogP contribution >= 0.6 is 0 Å². The van der Waals surface area contributed by atoms with Gasteiger partial charge in [-0.05, 0) is 115 Å². The average Bonchev–Trinajstić information content (AvgIpc) is 1.47. The van der Waals surface area contributed by atoms with E-state index in [1.165, 1.54) is 44.5 Å². The minimum atomic E-state index is -0.617. The van der Waals surface area contributed by atoms with Crippen LogP contribution in [-0.4, -0.2) is 39.9 Å². The molecule has 18 aromatic carbocycles. The lowest BCUT2D eigenvalue weighted by Gasteiger charge is -2.40. The maximum Gasteiger partial charge on any atom is 0.164 e. The summed E-state index contributed by atoms with van der Waals surface area (Å²) in [6.45, 7) is 0. The first-order valence-electron chi connectivity index (χ1n) is 43.3. The molecule has 2 aliphatic carbocycles. The van der Waals surface area contributed by atoms with Gasteiger partial charge < -0.3 is 9.47 Å². The van der Waals surface area contributed by atoms with E-state index in [9.17, 15) is 0 Å². The molecule has 0 saturated heterocycles. The summed E-state index contributed by atoms with van der Waals surface area (Å²) in [7, 11) is 0. The molecule has 0 unspecified atom stereocenters. The van der Waals surface area contributed by atoms with Crippen molar-refractivity contribution in [1.29, 1.82) is 0 Å². The van der Waals surface area contributed by atoms with Crippen LogP contribution in [0.25, 0.3) is 179 Å². The summed E-state index contributed by atoms with van der Waals surface area (Å²) in [5, 5.41) is 6.06. The molecule has 596 valence electrons. The number of fused-ring (bicyclic) bond motifs is 26. The zero-order valence-corrected chi connectivity index (χ0v) is 69.0. The van der Waals surface area contributed by atoms with Crippen LogP contribution in [0.4, 0.5) is 0 Å². The first-order valence-corrected chi connectivity index (χ1v) is 43.3. The van der Waals surface area contributed by atoms with Crippen LogP contribution in [0.3, 0.4) is 0 Å². The first-order chi connectivity index (χ1) is 63.4. The summed E-state index contributed by atoms with van der Waals surface area (Å²) in [5.41, 5.74) is 28.8. The molecule has 10 nitrogen and oxygen atoms in total. The average molecular weight is 1630 g/mol. The van der Waals surface area contributed by atoms with Crippen LogP contribution in [0, 0.1) is 0 Å². The normalized spacial score (nSPS) is 12.9. The van der Waals surface area contributed by atoms with E-state index in [1.54, 1.807) is 0 Å². The van der Waals surface area contributed by atoms with Crippen LogP contribution in [0.2, 0.25) is 0 Å². The molecule has 26 rings (SSSR count). The lowest BCUT2D eigenvalue weighted by atomic mass is 9.65. The first kappa shape index (κ1) is 73.6. The van der Waals surface area contributed by atoms with Gasteiger partial charge in [0.25, 0.3) is 0 Å². The van der Waals surface area contributed by atoms with Gasteiger partial charge in [-0.1, -0.05) is 388 Å². The molecule has 0 fully saturated rings. The number of nitrogens with zero attached hydrogens (tertiary/aromatic N) is 8. The van der Waals surface area contributed by atoms with Gasteiger partial charge in [0.05, 0.1) is 33.3 Å². The highest BCUT2D eigenvalue weighted by Crippen LogP contribution is 2.66. The zero-order chi connectivity index (χ0) is 84.4. The van der Waals surface area contributed by atoms with Gasteiger partial charge in [0.1, 0.15) is 23.0 Å². The van der Waals surface area contributed by atoms with Gasteiger partial charge in [-0.25, -0.2) is 39.9 Å². The van der Waals surface area contributed by atoms with E-state index in [1.807, 2.05) is 103 Å².